The molecule has 0 atom stereocenters. The molecule has 0 spiro atoms. The molecule has 1 fully saturated rings. The monoisotopic (exact) mass is 195 g/mol. The van der Waals surface area contributed by atoms with Gasteiger partial charge in [0.15, 0.2) is 0 Å². The van der Waals surface area contributed by atoms with Crippen LogP contribution >= 0.6 is 0 Å². The predicted octanol–water partition coefficient (Wildman–Crippen LogP) is 0.911. The summed E-state index contributed by atoms with van der Waals surface area (Å²) in [5, 5.41) is 0. The first-order chi connectivity index (χ1) is 6.79. The number of nitrogens with two attached hydrogens (primary N) is 1. The summed E-state index contributed by atoms with van der Waals surface area (Å²) in [5.41, 5.74) is 6.74. The largest absolute Gasteiger partial charge is 0.376 e. The van der Waals surface area contributed by atoms with Gasteiger partial charge in [0.1, 0.15) is 0 Å². The molecule has 0 saturated heterocycles. The number of hydrogen-bond acceptors (Lipinski definition) is 3. The van der Waals surface area contributed by atoms with Crippen LogP contribution in [0.2, 0.25) is 0 Å². The second-order valence-corrected chi connectivity index (χ2v) is 3.96. The smallest absolute Gasteiger partial charge is 0.0949 e. The summed E-state index contributed by atoms with van der Waals surface area (Å²) in [6, 6.07) is 0. The average molecular weight is 195 g/mol. The quantitative estimate of drug-likeness (QED) is 0.777. The van der Waals surface area contributed by atoms with Gasteiger partial charge >= 0.3 is 0 Å². The van der Waals surface area contributed by atoms with Crippen LogP contribution in [0.5, 0.6) is 0 Å². The molecule has 4 nitrogen and oxygen atoms in total. The van der Waals surface area contributed by atoms with Gasteiger partial charge in [-0.1, -0.05) is 0 Å². The molecule has 14 heavy (non-hydrogen) atoms. The van der Waals surface area contributed by atoms with E-state index in [9.17, 15) is 0 Å². The third kappa shape index (κ3) is 1.55. The lowest BCUT2D eigenvalue weighted by atomic mass is 9.80. The molecule has 1 aliphatic carbocycles. The number of rotatable bonds is 4. The van der Waals surface area contributed by atoms with Gasteiger partial charge in [-0.05, 0) is 19.3 Å². The summed E-state index contributed by atoms with van der Waals surface area (Å²) in [5.74, 6) is 0. The van der Waals surface area contributed by atoms with E-state index in [1.165, 1.54) is 6.42 Å². The van der Waals surface area contributed by atoms with Crippen LogP contribution in [0.15, 0.2) is 12.5 Å². The summed E-state index contributed by atoms with van der Waals surface area (Å²) in [4.78, 5) is 4.10. The van der Waals surface area contributed by atoms with Gasteiger partial charge in [-0.15, -0.1) is 0 Å². The summed E-state index contributed by atoms with van der Waals surface area (Å²) in [6.07, 6.45) is 7.21. The van der Waals surface area contributed by atoms with Crippen LogP contribution < -0.4 is 5.73 Å². The van der Waals surface area contributed by atoms with Crippen LogP contribution in [0.3, 0.4) is 0 Å². The minimum absolute atomic E-state index is 0.0462. The second kappa shape index (κ2) is 3.71. The van der Waals surface area contributed by atoms with Gasteiger partial charge in [0.2, 0.25) is 0 Å². The van der Waals surface area contributed by atoms with Crippen molar-refractivity contribution in [2.24, 2.45) is 5.73 Å². The highest BCUT2D eigenvalue weighted by Gasteiger charge is 2.37. The third-order valence-corrected chi connectivity index (χ3v) is 3.16. The molecule has 4 heteroatoms. The van der Waals surface area contributed by atoms with Crippen molar-refractivity contribution in [3.63, 3.8) is 0 Å². The Balaban J connectivity index is 2.09. The highest BCUT2D eigenvalue weighted by atomic mass is 16.5. The molecular formula is C10H17N3O. The van der Waals surface area contributed by atoms with E-state index in [4.69, 9.17) is 10.5 Å². The molecule has 2 rings (SSSR count). The fourth-order valence-electron chi connectivity index (χ4n) is 1.97. The Hall–Kier alpha value is -0.870. The fraction of sp³-hybridized carbons (Fsp3) is 0.700. The van der Waals surface area contributed by atoms with Gasteiger partial charge in [0.05, 0.1) is 24.2 Å². The van der Waals surface area contributed by atoms with Gasteiger partial charge in [-0.25, -0.2) is 4.98 Å². The number of imidazole rings is 1. The van der Waals surface area contributed by atoms with E-state index in [-0.39, 0.29) is 5.60 Å². The summed E-state index contributed by atoms with van der Waals surface area (Å²) in [7, 11) is 1.79. The van der Waals surface area contributed by atoms with Crippen LogP contribution in [0.25, 0.3) is 0 Å². The van der Waals surface area contributed by atoms with E-state index in [1.807, 2.05) is 12.5 Å². The number of hydrogen-bond donors (Lipinski definition) is 1. The van der Waals surface area contributed by atoms with Gasteiger partial charge < -0.3 is 15.0 Å². The lowest BCUT2D eigenvalue weighted by Crippen LogP contribution is -2.43. The molecule has 2 N–H and O–H groups in total. The number of aromatic nitrogens is 2. The van der Waals surface area contributed by atoms with Crippen molar-refractivity contribution in [2.75, 3.05) is 7.11 Å². The maximum absolute atomic E-state index is 5.61. The Bertz CT molecular complexity index is 299. The first-order valence-corrected chi connectivity index (χ1v) is 5.04. The molecule has 0 bridgehead atoms. The number of ether oxygens (including phenoxy) is 1. The Kier molecular flexibility index (Phi) is 2.56. The SMILES string of the molecule is COC1(Cn2cncc2CN)CCC1. The Labute approximate surface area is 84.1 Å². The van der Waals surface area contributed by atoms with Crippen molar-refractivity contribution in [1.82, 2.24) is 9.55 Å². The van der Waals surface area contributed by atoms with E-state index < -0.39 is 0 Å². The number of nitrogens with zero attached hydrogens (tertiary/aromatic N) is 2. The zero-order valence-electron chi connectivity index (χ0n) is 8.57. The Morgan fingerprint density at radius 2 is 2.43 bits per heavy atom. The predicted molar refractivity (Wildman–Crippen MR) is 53.7 cm³/mol. The zero-order valence-corrected chi connectivity index (χ0v) is 8.57. The third-order valence-electron chi connectivity index (χ3n) is 3.16. The van der Waals surface area contributed by atoms with Crippen molar-refractivity contribution in [2.45, 2.75) is 38.0 Å². The lowest BCUT2D eigenvalue weighted by Gasteiger charge is -2.40. The Morgan fingerprint density at radius 1 is 1.64 bits per heavy atom. The molecule has 1 aromatic heterocycles. The maximum Gasteiger partial charge on any atom is 0.0949 e. The summed E-state index contributed by atoms with van der Waals surface area (Å²) in [6.45, 7) is 1.43. The van der Waals surface area contributed by atoms with E-state index in [0.29, 0.717) is 6.54 Å². The molecule has 0 amide bonds. The highest BCUT2D eigenvalue weighted by molar-refractivity contribution is 5.01. The van der Waals surface area contributed by atoms with Crippen molar-refractivity contribution in [3.05, 3.63) is 18.2 Å². The van der Waals surface area contributed by atoms with E-state index in [0.717, 1.165) is 25.1 Å². The topological polar surface area (TPSA) is 53.1 Å². The number of methoxy groups -OCH3 is 1. The van der Waals surface area contributed by atoms with E-state index in [2.05, 4.69) is 9.55 Å². The Morgan fingerprint density at radius 3 is 2.93 bits per heavy atom. The first kappa shape index (κ1) is 9.68. The average Bonchev–Trinajstić information content (AvgIpc) is 2.58. The molecule has 1 aromatic rings. The highest BCUT2D eigenvalue weighted by Crippen LogP contribution is 2.36. The van der Waals surface area contributed by atoms with Crippen molar-refractivity contribution >= 4 is 0 Å². The van der Waals surface area contributed by atoms with E-state index in [1.54, 1.807) is 7.11 Å². The summed E-state index contributed by atoms with van der Waals surface area (Å²) >= 11 is 0. The second-order valence-electron chi connectivity index (χ2n) is 3.96. The fourth-order valence-corrected chi connectivity index (χ4v) is 1.97. The van der Waals surface area contributed by atoms with Crippen molar-refractivity contribution in [3.8, 4) is 0 Å². The van der Waals surface area contributed by atoms with Gasteiger partial charge in [0, 0.05) is 19.9 Å². The molecule has 0 radical (unpaired) electrons. The van der Waals surface area contributed by atoms with Crippen LogP contribution in [-0.4, -0.2) is 22.3 Å². The van der Waals surface area contributed by atoms with Crippen LogP contribution in [0.4, 0.5) is 0 Å². The first-order valence-electron chi connectivity index (χ1n) is 5.04. The van der Waals surface area contributed by atoms with Crippen molar-refractivity contribution < 1.29 is 4.74 Å². The van der Waals surface area contributed by atoms with Crippen LogP contribution in [0.1, 0.15) is 25.0 Å². The van der Waals surface area contributed by atoms with Gasteiger partial charge in [-0.3, -0.25) is 0 Å². The normalized spacial score (nSPS) is 19.3. The maximum atomic E-state index is 5.61. The van der Waals surface area contributed by atoms with Crippen LogP contribution in [0, 0.1) is 0 Å². The molecule has 1 aliphatic rings. The van der Waals surface area contributed by atoms with Crippen LogP contribution in [-0.2, 0) is 17.8 Å². The van der Waals surface area contributed by atoms with Gasteiger partial charge in [0.25, 0.3) is 0 Å². The summed E-state index contributed by atoms with van der Waals surface area (Å²) < 4.78 is 7.66. The minimum Gasteiger partial charge on any atom is -0.376 e. The van der Waals surface area contributed by atoms with Gasteiger partial charge in [-0.2, -0.15) is 0 Å². The zero-order chi connectivity index (χ0) is 10.0. The molecule has 0 unspecified atom stereocenters. The van der Waals surface area contributed by atoms with E-state index >= 15 is 0 Å². The lowest BCUT2D eigenvalue weighted by molar-refractivity contribution is -0.0839. The minimum atomic E-state index is 0.0462. The molecular weight excluding hydrogens is 178 g/mol. The molecule has 1 saturated carbocycles. The molecule has 1 heterocycles. The molecule has 0 aliphatic heterocycles. The molecule has 78 valence electrons. The standard InChI is InChI=1S/C10H17N3O/c1-14-10(3-2-4-10)7-13-8-12-6-9(13)5-11/h6,8H,2-5,7,11H2,1H3. The van der Waals surface area contributed by atoms with Crippen molar-refractivity contribution in [1.29, 1.82) is 0 Å². The molecule has 0 aromatic carbocycles.